The molecule has 0 saturated carbocycles. The fraction of sp³-hybridized carbons (Fsp3) is 0.0909. The van der Waals surface area contributed by atoms with E-state index in [1.807, 2.05) is 31.2 Å². The second-order valence-electron chi connectivity index (χ2n) is 3.50. The summed E-state index contributed by atoms with van der Waals surface area (Å²) in [6, 6.07) is 9.64. The second kappa shape index (κ2) is 3.00. The fourth-order valence-electron chi connectivity index (χ4n) is 1.75. The van der Waals surface area contributed by atoms with Gasteiger partial charge >= 0.3 is 0 Å². The predicted molar refractivity (Wildman–Crippen MR) is 57.7 cm³/mol. The van der Waals surface area contributed by atoms with Gasteiger partial charge in [0.2, 0.25) is 0 Å². The van der Waals surface area contributed by atoms with Crippen LogP contribution in [0.1, 0.15) is 11.4 Å². The summed E-state index contributed by atoms with van der Waals surface area (Å²) in [6.07, 6.45) is 0. The molecule has 5 nitrogen and oxygen atoms in total. The molecule has 2 heterocycles. The largest absolute Gasteiger partial charge is 0.215 e. The molecule has 5 heteroatoms. The summed E-state index contributed by atoms with van der Waals surface area (Å²) in [7, 11) is 0. The third kappa shape index (κ3) is 1.01. The molecule has 0 saturated heterocycles. The molecule has 0 aliphatic carbocycles. The van der Waals surface area contributed by atoms with Crippen molar-refractivity contribution in [3.8, 4) is 6.07 Å². The molecule has 0 amide bonds. The topological polar surface area (TPSA) is 66.9 Å². The zero-order valence-electron chi connectivity index (χ0n) is 8.55. The van der Waals surface area contributed by atoms with Gasteiger partial charge in [-0.05, 0) is 19.1 Å². The van der Waals surface area contributed by atoms with E-state index >= 15 is 0 Å². The maximum absolute atomic E-state index is 9.06. The molecule has 76 valence electrons. The molecule has 0 aliphatic heterocycles. The Labute approximate surface area is 90.9 Å². The highest BCUT2D eigenvalue weighted by Gasteiger charge is 2.10. The Morgan fingerprint density at radius 2 is 2.12 bits per heavy atom. The number of benzene rings is 1. The van der Waals surface area contributed by atoms with Crippen LogP contribution in [0.25, 0.3) is 16.6 Å². The molecule has 16 heavy (non-hydrogen) atoms. The molecule has 1 aromatic carbocycles. The number of nitriles is 1. The monoisotopic (exact) mass is 209 g/mol. The number of rotatable bonds is 0. The van der Waals surface area contributed by atoms with Crippen molar-refractivity contribution >= 4 is 16.6 Å². The van der Waals surface area contributed by atoms with Crippen LogP contribution in [-0.4, -0.2) is 19.8 Å². The molecule has 2 aromatic heterocycles. The van der Waals surface area contributed by atoms with Crippen LogP contribution < -0.4 is 0 Å². The molecule has 0 aliphatic rings. The summed E-state index contributed by atoms with van der Waals surface area (Å²) >= 11 is 0. The van der Waals surface area contributed by atoms with Crippen LogP contribution >= 0.6 is 0 Å². The molecule has 3 rings (SSSR count). The summed E-state index contributed by atoms with van der Waals surface area (Å²) in [5.41, 5.74) is 2.62. The highest BCUT2D eigenvalue weighted by molar-refractivity contribution is 5.85. The van der Waals surface area contributed by atoms with Crippen molar-refractivity contribution in [2.24, 2.45) is 0 Å². The van der Waals surface area contributed by atoms with Crippen molar-refractivity contribution in [1.29, 1.82) is 5.26 Å². The number of aromatic nitrogens is 4. The number of hydrogen-bond donors (Lipinski definition) is 0. The van der Waals surface area contributed by atoms with Crippen LogP contribution in [0.15, 0.2) is 24.3 Å². The van der Waals surface area contributed by atoms with Crippen molar-refractivity contribution in [1.82, 2.24) is 19.8 Å². The molecule has 0 spiro atoms. The van der Waals surface area contributed by atoms with Crippen molar-refractivity contribution < 1.29 is 0 Å². The fourth-order valence-corrected chi connectivity index (χ4v) is 1.75. The third-order valence-corrected chi connectivity index (χ3v) is 2.52. The van der Waals surface area contributed by atoms with E-state index in [4.69, 9.17) is 5.26 Å². The molecular weight excluding hydrogens is 202 g/mol. The summed E-state index contributed by atoms with van der Waals surface area (Å²) in [5, 5.41) is 17.8. The van der Waals surface area contributed by atoms with E-state index < -0.39 is 0 Å². The van der Waals surface area contributed by atoms with Crippen molar-refractivity contribution in [3.05, 3.63) is 35.7 Å². The van der Waals surface area contributed by atoms with E-state index in [1.165, 1.54) is 0 Å². The van der Waals surface area contributed by atoms with E-state index in [0.29, 0.717) is 11.3 Å². The third-order valence-electron chi connectivity index (χ3n) is 2.52. The van der Waals surface area contributed by atoms with Gasteiger partial charge in [0, 0.05) is 5.39 Å². The summed E-state index contributed by atoms with van der Waals surface area (Å²) < 4.78 is 1.66. The minimum atomic E-state index is 0.411. The highest BCUT2D eigenvalue weighted by Crippen LogP contribution is 2.18. The second-order valence-corrected chi connectivity index (χ2v) is 3.50. The Balaban J connectivity index is 2.65. The normalized spacial score (nSPS) is 10.8. The van der Waals surface area contributed by atoms with Gasteiger partial charge in [0.05, 0.1) is 5.52 Å². The first-order chi connectivity index (χ1) is 7.81. The number of fused-ring (bicyclic) bond motifs is 3. The average molecular weight is 209 g/mol. The lowest BCUT2D eigenvalue weighted by Crippen LogP contribution is -1.96. The Morgan fingerprint density at radius 1 is 1.31 bits per heavy atom. The van der Waals surface area contributed by atoms with Crippen LogP contribution in [0.2, 0.25) is 0 Å². The lowest BCUT2D eigenvalue weighted by atomic mass is 10.2. The van der Waals surface area contributed by atoms with Gasteiger partial charge in [-0.1, -0.05) is 17.3 Å². The number of para-hydroxylation sites is 1. The van der Waals surface area contributed by atoms with Gasteiger partial charge in [-0.2, -0.15) is 9.78 Å². The highest BCUT2D eigenvalue weighted by atomic mass is 15.4. The Hall–Kier alpha value is -2.48. The molecule has 0 unspecified atom stereocenters. The molecule has 3 aromatic rings. The molecule has 0 radical (unpaired) electrons. The smallest absolute Gasteiger partial charge is 0.180 e. The zero-order chi connectivity index (χ0) is 11.1. The quantitative estimate of drug-likeness (QED) is 0.562. The van der Waals surface area contributed by atoms with E-state index in [9.17, 15) is 0 Å². The zero-order valence-corrected chi connectivity index (χ0v) is 8.55. The van der Waals surface area contributed by atoms with Crippen molar-refractivity contribution in [2.75, 3.05) is 0 Å². The Kier molecular flexibility index (Phi) is 1.65. The lowest BCUT2D eigenvalue weighted by molar-refractivity contribution is 0.868. The maximum atomic E-state index is 9.06. The SMILES string of the molecule is Cc1nnn2c1nc(C#N)c1ccccc12. The van der Waals surface area contributed by atoms with E-state index in [1.54, 1.807) is 4.52 Å². The molecule has 0 fully saturated rings. The van der Waals surface area contributed by atoms with Gasteiger partial charge < -0.3 is 0 Å². The first-order valence-corrected chi connectivity index (χ1v) is 4.82. The minimum absolute atomic E-state index is 0.411. The molecular formula is C11H7N5. The van der Waals surface area contributed by atoms with Gasteiger partial charge in [-0.25, -0.2) is 4.98 Å². The van der Waals surface area contributed by atoms with Gasteiger partial charge in [0.1, 0.15) is 11.8 Å². The molecule has 0 bridgehead atoms. The molecule has 0 N–H and O–H groups in total. The maximum Gasteiger partial charge on any atom is 0.180 e. The van der Waals surface area contributed by atoms with Gasteiger partial charge in [0.25, 0.3) is 0 Å². The minimum Gasteiger partial charge on any atom is -0.215 e. The first-order valence-electron chi connectivity index (χ1n) is 4.82. The number of nitrogens with zero attached hydrogens (tertiary/aromatic N) is 5. The van der Waals surface area contributed by atoms with Crippen LogP contribution in [-0.2, 0) is 0 Å². The van der Waals surface area contributed by atoms with E-state index in [2.05, 4.69) is 21.4 Å². The lowest BCUT2D eigenvalue weighted by Gasteiger charge is -2.01. The van der Waals surface area contributed by atoms with Gasteiger partial charge in [-0.3, -0.25) is 0 Å². The number of aryl methyl sites for hydroxylation is 1. The standard InChI is InChI=1S/C11H7N5/c1-7-11-13-9(6-12)8-4-2-3-5-10(8)16(11)15-14-7/h2-5H,1H3. The van der Waals surface area contributed by atoms with E-state index in [0.717, 1.165) is 16.6 Å². The van der Waals surface area contributed by atoms with Gasteiger partial charge in [-0.15, -0.1) is 5.10 Å². The molecule has 0 atom stereocenters. The van der Waals surface area contributed by atoms with Crippen LogP contribution in [0.3, 0.4) is 0 Å². The van der Waals surface area contributed by atoms with Crippen molar-refractivity contribution in [2.45, 2.75) is 6.92 Å². The number of hydrogen-bond acceptors (Lipinski definition) is 4. The summed E-state index contributed by atoms with van der Waals surface area (Å²) in [5.74, 6) is 0. The van der Waals surface area contributed by atoms with Crippen molar-refractivity contribution in [3.63, 3.8) is 0 Å². The van der Waals surface area contributed by atoms with Crippen LogP contribution in [0.5, 0.6) is 0 Å². The first kappa shape index (κ1) is 8.80. The summed E-state index contributed by atoms with van der Waals surface area (Å²) in [4.78, 5) is 4.26. The predicted octanol–water partition coefficient (Wildman–Crippen LogP) is 1.46. The van der Waals surface area contributed by atoms with Gasteiger partial charge in [0.15, 0.2) is 11.3 Å². The van der Waals surface area contributed by atoms with E-state index in [-0.39, 0.29) is 0 Å². The van der Waals surface area contributed by atoms with Crippen LogP contribution in [0.4, 0.5) is 0 Å². The Bertz CT molecular complexity index is 735. The van der Waals surface area contributed by atoms with Crippen LogP contribution in [0, 0.1) is 18.3 Å². The Morgan fingerprint density at radius 3 is 2.94 bits per heavy atom. The summed E-state index contributed by atoms with van der Waals surface area (Å²) in [6.45, 7) is 1.82. The average Bonchev–Trinajstić information content (AvgIpc) is 2.70.